The molecule has 7 heteroatoms. The van der Waals surface area contributed by atoms with Gasteiger partial charge in [-0.05, 0) is 12.0 Å². The van der Waals surface area contributed by atoms with E-state index in [0.29, 0.717) is 24.8 Å². The third-order valence-corrected chi connectivity index (χ3v) is 6.28. The van der Waals surface area contributed by atoms with Crippen LogP contribution in [0.3, 0.4) is 0 Å². The Morgan fingerprint density at radius 2 is 2.10 bits per heavy atom. The maximum absolute atomic E-state index is 12.3. The largest absolute Gasteiger partial charge is 0.356 e. The molecule has 1 atom stereocenters. The van der Waals surface area contributed by atoms with Crippen molar-refractivity contribution < 1.29 is 4.79 Å². The van der Waals surface area contributed by atoms with Crippen LogP contribution < -0.4 is 10.6 Å². The second-order valence-electron chi connectivity index (χ2n) is 7.78. The van der Waals surface area contributed by atoms with Gasteiger partial charge >= 0.3 is 0 Å². The monoisotopic (exact) mass is 413 g/mol. The van der Waals surface area contributed by atoms with Crippen LogP contribution in [0, 0.1) is 5.92 Å². The maximum Gasteiger partial charge on any atom is 0.223 e. The van der Waals surface area contributed by atoms with Crippen molar-refractivity contribution in [3.8, 4) is 0 Å². The first-order valence-corrected chi connectivity index (χ1v) is 11.1. The third-order valence-electron chi connectivity index (χ3n) is 5.09. The number of aliphatic imine (C=N–C) groups is 1. The highest BCUT2D eigenvalue weighted by molar-refractivity contribution is 7.09. The number of likely N-dealkylation sites (tertiary alicyclic amines) is 1. The smallest absolute Gasteiger partial charge is 0.223 e. The van der Waals surface area contributed by atoms with E-state index in [-0.39, 0.29) is 5.91 Å². The number of carbonyl (C=O) groups excluding carboxylic acids is 1. The molecule has 0 bridgehead atoms. The van der Waals surface area contributed by atoms with Crippen LogP contribution in [0.2, 0.25) is 0 Å². The van der Waals surface area contributed by atoms with E-state index >= 15 is 0 Å². The van der Waals surface area contributed by atoms with Gasteiger partial charge in [0, 0.05) is 50.3 Å². The summed E-state index contributed by atoms with van der Waals surface area (Å²) in [6, 6.07) is 10.3. The number of thiazole rings is 1. The molecule has 29 heavy (non-hydrogen) atoms. The number of aromatic nitrogens is 1. The molecule has 1 unspecified atom stereocenters. The van der Waals surface area contributed by atoms with Gasteiger partial charge in [0.1, 0.15) is 0 Å². The molecule has 6 nitrogen and oxygen atoms in total. The summed E-state index contributed by atoms with van der Waals surface area (Å²) in [5.41, 5.74) is 2.30. The van der Waals surface area contributed by atoms with Crippen molar-refractivity contribution in [2.24, 2.45) is 10.9 Å². The molecule has 1 aromatic heterocycles. The molecule has 0 saturated carbocycles. The fraction of sp³-hybridized carbons (Fsp3) is 0.500. The molecule has 1 saturated heterocycles. The molecule has 1 amide bonds. The molecule has 0 aliphatic carbocycles. The summed E-state index contributed by atoms with van der Waals surface area (Å²) in [4.78, 5) is 23.3. The fourth-order valence-electron chi connectivity index (χ4n) is 3.42. The number of guanidine groups is 1. The van der Waals surface area contributed by atoms with E-state index in [4.69, 9.17) is 0 Å². The number of amides is 1. The highest BCUT2D eigenvalue weighted by Gasteiger charge is 2.29. The van der Waals surface area contributed by atoms with Gasteiger partial charge in [0.15, 0.2) is 5.96 Å². The minimum atomic E-state index is 0.249. The summed E-state index contributed by atoms with van der Waals surface area (Å²) >= 11 is 1.70. The summed E-state index contributed by atoms with van der Waals surface area (Å²) in [5.74, 6) is 1.76. The first-order valence-electron chi connectivity index (χ1n) is 10.3. The molecule has 2 N–H and O–H groups in total. The summed E-state index contributed by atoms with van der Waals surface area (Å²) in [6.07, 6.45) is 1.50. The molecule has 1 aliphatic rings. The molecule has 0 radical (unpaired) electrons. The molecule has 2 heterocycles. The zero-order chi connectivity index (χ0) is 20.6. The standard InChI is InChI=1S/C22H31N5OS/c1-16(2)21-26-19(15-29-21)13-25-22(23-3)24-12-18-11-20(28)27(14-18)10-9-17-7-5-4-6-8-17/h4-8,15-16,18H,9-14H2,1-3H3,(H2,23,24,25). The van der Waals surface area contributed by atoms with E-state index in [0.717, 1.165) is 42.7 Å². The Morgan fingerprint density at radius 3 is 2.79 bits per heavy atom. The van der Waals surface area contributed by atoms with Crippen LogP contribution in [0.1, 0.15) is 42.5 Å². The number of hydrogen-bond donors (Lipinski definition) is 2. The average Bonchev–Trinajstić information content (AvgIpc) is 3.34. The van der Waals surface area contributed by atoms with Gasteiger partial charge in [-0.3, -0.25) is 9.79 Å². The first-order chi connectivity index (χ1) is 14.0. The maximum atomic E-state index is 12.3. The van der Waals surface area contributed by atoms with Crippen LogP contribution in [0.15, 0.2) is 40.7 Å². The summed E-state index contributed by atoms with van der Waals surface area (Å²) in [6.45, 7) is 7.29. The lowest BCUT2D eigenvalue weighted by atomic mass is 10.1. The molecule has 0 spiro atoms. The molecular weight excluding hydrogens is 382 g/mol. The van der Waals surface area contributed by atoms with Crippen molar-refractivity contribution in [3.63, 3.8) is 0 Å². The average molecular weight is 414 g/mol. The Balaban J connectivity index is 1.40. The molecule has 3 rings (SSSR count). The molecule has 1 aliphatic heterocycles. The Hall–Kier alpha value is -2.41. The van der Waals surface area contributed by atoms with E-state index < -0.39 is 0 Å². The Morgan fingerprint density at radius 1 is 1.31 bits per heavy atom. The molecule has 2 aromatic rings. The second-order valence-corrected chi connectivity index (χ2v) is 8.67. The first kappa shape index (κ1) is 21.3. The van der Waals surface area contributed by atoms with Gasteiger partial charge in [-0.25, -0.2) is 4.98 Å². The topological polar surface area (TPSA) is 69.6 Å². The number of rotatable bonds is 8. The van der Waals surface area contributed by atoms with E-state index in [1.165, 1.54) is 5.56 Å². The van der Waals surface area contributed by atoms with Gasteiger partial charge in [-0.1, -0.05) is 44.2 Å². The highest BCUT2D eigenvalue weighted by atomic mass is 32.1. The van der Waals surface area contributed by atoms with Gasteiger partial charge in [0.2, 0.25) is 5.91 Å². The van der Waals surface area contributed by atoms with Crippen molar-refractivity contribution in [2.75, 3.05) is 26.7 Å². The number of nitrogens with zero attached hydrogens (tertiary/aromatic N) is 3. The minimum absolute atomic E-state index is 0.249. The lowest BCUT2D eigenvalue weighted by molar-refractivity contribution is -0.127. The zero-order valence-electron chi connectivity index (χ0n) is 17.5. The highest BCUT2D eigenvalue weighted by Crippen LogP contribution is 2.19. The van der Waals surface area contributed by atoms with Crippen molar-refractivity contribution in [1.82, 2.24) is 20.5 Å². The Bertz CT molecular complexity index is 818. The molecule has 156 valence electrons. The number of hydrogen-bond acceptors (Lipinski definition) is 4. The number of nitrogens with one attached hydrogen (secondary N) is 2. The summed E-state index contributed by atoms with van der Waals surface area (Å²) < 4.78 is 0. The van der Waals surface area contributed by atoms with E-state index in [1.54, 1.807) is 18.4 Å². The Labute approximate surface area is 177 Å². The van der Waals surface area contributed by atoms with Gasteiger partial charge < -0.3 is 15.5 Å². The minimum Gasteiger partial charge on any atom is -0.356 e. The van der Waals surface area contributed by atoms with E-state index in [2.05, 4.69) is 52.0 Å². The lowest BCUT2D eigenvalue weighted by Gasteiger charge is -2.17. The van der Waals surface area contributed by atoms with Gasteiger partial charge in [0.25, 0.3) is 0 Å². The third kappa shape index (κ3) is 6.29. The number of benzene rings is 1. The summed E-state index contributed by atoms with van der Waals surface area (Å²) in [5, 5.41) is 9.93. The van der Waals surface area contributed by atoms with Crippen LogP contribution in [-0.4, -0.2) is 48.4 Å². The van der Waals surface area contributed by atoms with Gasteiger partial charge in [0.05, 0.1) is 17.2 Å². The SMILES string of the molecule is CN=C(NCc1csc(C(C)C)n1)NCC1CC(=O)N(CCc2ccccc2)C1. The quantitative estimate of drug-likeness (QED) is 0.516. The van der Waals surface area contributed by atoms with E-state index in [9.17, 15) is 4.79 Å². The zero-order valence-corrected chi connectivity index (χ0v) is 18.3. The van der Waals surface area contributed by atoms with Gasteiger partial charge in [-0.2, -0.15) is 0 Å². The normalized spacial score (nSPS) is 17.2. The summed E-state index contributed by atoms with van der Waals surface area (Å²) in [7, 11) is 1.77. The fourth-order valence-corrected chi connectivity index (χ4v) is 4.26. The molecular formula is C22H31N5OS. The van der Waals surface area contributed by atoms with Crippen LogP contribution in [0.25, 0.3) is 0 Å². The Kier molecular flexibility index (Phi) is 7.63. The number of carbonyl (C=O) groups is 1. The lowest BCUT2D eigenvalue weighted by Crippen LogP contribution is -2.40. The van der Waals surface area contributed by atoms with Crippen LogP contribution in [-0.2, 0) is 17.8 Å². The molecule has 1 fully saturated rings. The molecule has 1 aromatic carbocycles. The van der Waals surface area contributed by atoms with Crippen LogP contribution in [0.5, 0.6) is 0 Å². The predicted molar refractivity (Wildman–Crippen MR) is 119 cm³/mol. The van der Waals surface area contributed by atoms with E-state index in [1.807, 2.05) is 23.1 Å². The van der Waals surface area contributed by atoms with Crippen molar-refractivity contribution >= 4 is 23.2 Å². The van der Waals surface area contributed by atoms with Crippen molar-refractivity contribution in [3.05, 3.63) is 52.0 Å². The van der Waals surface area contributed by atoms with Crippen LogP contribution >= 0.6 is 11.3 Å². The van der Waals surface area contributed by atoms with Crippen LogP contribution in [0.4, 0.5) is 0 Å². The van der Waals surface area contributed by atoms with Gasteiger partial charge in [-0.15, -0.1) is 11.3 Å². The van der Waals surface area contributed by atoms with Crippen molar-refractivity contribution in [1.29, 1.82) is 0 Å². The predicted octanol–water partition coefficient (Wildman–Crippen LogP) is 3.02. The van der Waals surface area contributed by atoms with Crippen molar-refractivity contribution in [2.45, 2.75) is 39.2 Å². The second kappa shape index (κ2) is 10.4.